The van der Waals surface area contributed by atoms with Crippen molar-refractivity contribution in [3.63, 3.8) is 0 Å². The number of carboxylic acids is 1. The van der Waals surface area contributed by atoms with Crippen LogP contribution in [0.1, 0.15) is 58.4 Å². The van der Waals surface area contributed by atoms with E-state index in [1.165, 1.54) is 0 Å². The second-order valence-electron chi connectivity index (χ2n) is 9.00. The number of carbonyl (C=O) groups excluding carboxylic acids is 1. The van der Waals surface area contributed by atoms with Crippen molar-refractivity contribution in [2.75, 3.05) is 6.61 Å². The molecule has 1 N–H and O–H groups in total. The molecule has 1 aliphatic carbocycles. The highest BCUT2D eigenvalue weighted by molar-refractivity contribution is 5.85. The van der Waals surface area contributed by atoms with Crippen molar-refractivity contribution >= 4 is 11.9 Å². The van der Waals surface area contributed by atoms with Crippen molar-refractivity contribution in [1.82, 2.24) is 4.90 Å². The molecule has 1 aromatic carbocycles. The quantitative estimate of drug-likeness (QED) is 0.870. The van der Waals surface area contributed by atoms with Crippen LogP contribution in [0.15, 0.2) is 30.3 Å². The van der Waals surface area contributed by atoms with Crippen LogP contribution >= 0.6 is 0 Å². The largest absolute Gasteiger partial charge is 0.480 e. The molecule has 1 atom stereocenters. The zero-order chi connectivity index (χ0) is 19.7. The number of carbonyl (C=O) groups is 2. The van der Waals surface area contributed by atoms with Gasteiger partial charge in [-0.1, -0.05) is 51.1 Å². The first-order chi connectivity index (χ1) is 12.7. The maximum absolute atomic E-state index is 13.1. The fourth-order valence-corrected chi connectivity index (χ4v) is 4.58. The van der Waals surface area contributed by atoms with E-state index in [0.717, 1.165) is 31.2 Å². The fourth-order valence-electron chi connectivity index (χ4n) is 4.58. The fraction of sp³-hybridized carbons (Fsp3) is 0.636. The van der Waals surface area contributed by atoms with E-state index in [-0.39, 0.29) is 17.9 Å². The van der Waals surface area contributed by atoms with E-state index >= 15 is 0 Å². The number of hydrogen-bond acceptors (Lipinski definition) is 3. The third-order valence-electron chi connectivity index (χ3n) is 6.28. The van der Waals surface area contributed by atoms with Crippen LogP contribution in [-0.2, 0) is 20.7 Å². The predicted octanol–water partition coefficient (Wildman–Crippen LogP) is 3.86. The first-order valence-corrected chi connectivity index (χ1v) is 9.96. The number of ether oxygens (including phenoxy) is 1. The first kappa shape index (κ1) is 19.9. The Morgan fingerprint density at radius 1 is 1.19 bits per heavy atom. The summed E-state index contributed by atoms with van der Waals surface area (Å²) in [5, 5.41) is 9.64. The molecule has 148 valence electrons. The summed E-state index contributed by atoms with van der Waals surface area (Å²) < 4.78 is 6.03. The maximum Gasteiger partial charge on any atom is 0.328 e. The lowest BCUT2D eigenvalue weighted by Gasteiger charge is -2.46. The van der Waals surface area contributed by atoms with Gasteiger partial charge in [-0.3, -0.25) is 9.69 Å². The molecule has 1 heterocycles. The summed E-state index contributed by atoms with van der Waals surface area (Å²) in [5.41, 5.74) is 0.566. The molecule has 0 bridgehead atoms. The van der Waals surface area contributed by atoms with Crippen LogP contribution < -0.4 is 0 Å². The lowest BCUT2D eigenvalue weighted by Crippen LogP contribution is -2.55. The number of aliphatic carboxylic acids is 1. The van der Waals surface area contributed by atoms with E-state index in [1.54, 1.807) is 4.90 Å². The minimum Gasteiger partial charge on any atom is -0.480 e. The second kappa shape index (κ2) is 7.63. The molecule has 0 radical (unpaired) electrons. The number of benzene rings is 1. The minimum atomic E-state index is -0.974. The standard InChI is InChI=1S/C22H31NO4/c1-21(2,3)17-11-13-22(14-12-17)23(18(15-27-22)20(25)26)19(24)10-9-16-7-5-4-6-8-16/h4-8,17-18H,9-15H2,1-3H3,(H,25,26)/t17?,18-,22?/m1/s1. The molecule has 1 amide bonds. The minimum absolute atomic E-state index is 0.0899. The number of hydrogen-bond donors (Lipinski definition) is 1. The zero-order valence-corrected chi connectivity index (χ0v) is 16.6. The first-order valence-electron chi connectivity index (χ1n) is 9.96. The number of aryl methyl sites for hydroxylation is 1. The van der Waals surface area contributed by atoms with Crippen LogP contribution in [0.25, 0.3) is 0 Å². The molecule has 0 unspecified atom stereocenters. The highest BCUT2D eigenvalue weighted by Gasteiger charge is 2.54. The highest BCUT2D eigenvalue weighted by Crippen LogP contribution is 2.47. The molecule has 2 aliphatic rings. The molecule has 1 spiro atoms. The third-order valence-corrected chi connectivity index (χ3v) is 6.28. The Kier molecular flexibility index (Phi) is 5.61. The smallest absolute Gasteiger partial charge is 0.328 e. The summed E-state index contributed by atoms with van der Waals surface area (Å²) in [6.07, 6.45) is 4.27. The van der Waals surface area contributed by atoms with Gasteiger partial charge >= 0.3 is 5.97 Å². The normalized spacial score (nSPS) is 28.5. The van der Waals surface area contributed by atoms with E-state index in [1.807, 2.05) is 30.3 Å². The van der Waals surface area contributed by atoms with Gasteiger partial charge in [0.15, 0.2) is 6.04 Å². The van der Waals surface area contributed by atoms with Crippen molar-refractivity contribution in [3.05, 3.63) is 35.9 Å². The van der Waals surface area contributed by atoms with Gasteiger partial charge in [0.25, 0.3) is 0 Å². The lowest BCUT2D eigenvalue weighted by atomic mass is 9.70. The van der Waals surface area contributed by atoms with Crippen molar-refractivity contribution in [1.29, 1.82) is 0 Å². The average molecular weight is 373 g/mol. The topological polar surface area (TPSA) is 66.8 Å². The van der Waals surface area contributed by atoms with Gasteiger partial charge in [-0.2, -0.15) is 0 Å². The van der Waals surface area contributed by atoms with Crippen LogP contribution in [0.5, 0.6) is 0 Å². The number of amides is 1. The van der Waals surface area contributed by atoms with E-state index in [0.29, 0.717) is 18.8 Å². The average Bonchev–Trinajstić information content (AvgIpc) is 2.99. The summed E-state index contributed by atoms with van der Waals surface area (Å²) in [5.74, 6) is -0.521. The van der Waals surface area contributed by atoms with Crippen LogP contribution in [0.4, 0.5) is 0 Å². The summed E-state index contributed by atoms with van der Waals surface area (Å²) in [7, 11) is 0. The maximum atomic E-state index is 13.1. The van der Waals surface area contributed by atoms with Crippen molar-refractivity contribution in [2.45, 2.75) is 71.1 Å². The van der Waals surface area contributed by atoms with Gasteiger partial charge in [0.1, 0.15) is 5.72 Å². The van der Waals surface area contributed by atoms with E-state index in [4.69, 9.17) is 4.74 Å². The van der Waals surface area contributed by atoms with Gasteiger partial charge in [-0.05, 0) is 49.0 Å². The second-order valence-corrected chi connectivity index (χ2v) is 9.00. The van der Waals surface area contributed by atoms with Gasteiger partial charge in [-0.15, -0.1) is 0 Å². The van der Waals surface area contributed by atoms with Gasteiger partial charge < -0.3 is 9.84 Å². The Labute approximate surface area is 161 Å². The van der Waals surface area contributed by atoms with Crippen LogP contribution in [0.2, 0.25) is 0 Å². The van der Waals surface area contributed by atoms with E-state index in [2.05, 4.69) is 20.8 Å². The van der Waals surface area contributed by atoms with Crippen molar-refractivity contribution in [3.8, 4) is 0 Å². The summed E-state index contributed by atoms with van der Waals surface area (Å²) in [6.45, 7) is 6.82. The Hall–Kier alpha value is -1.88. The summed E-state index contributed by atoms with van der Waals surface area (Å²) in [4.78, 5) is 26.4. The summed E-state index contributed by atoms with van der Waals surface area (Å²) >= 11 is 0. The van der Waals surface area contributed by atoms with E-state index in [9.17, 15) is 14.7 Å². The molecule has 1 aromatic rings. The lowest BCUT2D eigenvalue weighted by molar-refractivity contribution is -0.166. The highest BCUT2D eigenvalue weighted by atomic mass is 16.5. The van der Waals surface area contributed by atoms with Crippen molar-refractivity contribution < 1.29 is 19.4 Å². The predicted molar refractivity (Wildman–Crippen MR) is 103 cm³/mol. The monoisotopic (exact) mass is 373 g/mol. The SMILES string of the molecule is CC(C)(C)C1CCC2(CC1)OC[C@H](C(=O)O)N2C(=O)CCc1ccccc1. The number of carboxylic acid groups (broad SMARTS) is 1. The number of rotatable bonds is 4. The Balaban J connectivity index is 1.74. The molecule has 2 fully saturated rings. The molecular formula is C22H31NO4. The molecule has 5 heteroatoms. The zero-order valence-electron chi connectivity index (χ0n) is 16.6. The molecular weight excluding hydrogens is 342 g/mol. The molecule has 0 aromatic heterocycles. The Morgan fingerprint density at radius 3 is 2.37 bits per heavy atom. The summed E-state index contributed by atoms with van der Waals surface area (Å²) in [6, 6.07) is 8.96. The Bertz CT molecular complexity index is 671. The number of nitrogens with zero attached hydrogens (tertiary/aromatic N) is 1. The molecule has 1 aliphatic heterocycles. The molecule has 5 nitrogen and oxygen atoms in total. The van der Waals surface area contributed by atoms with Gasteiger partial charge in [-0.25, -0.2) is 4.79 Å². The van der Waals surface area contributed by atoms with E-state index < -0.39 is 17.7 Å². The molecule has 1 saturated heterocycles. The van der Waals surface area contributed by atoms with Gasteiger partial charge in [0.05, 0.1) is 6.61 Å². The van der Waals surface area contributed by atoms with Crippen LogP contribution in [0, 0.1) is 11.3 Å². The van der Waals surface area contributed by atoms with Crippen LogP contribution in [-0.4, -0.2) is 40.3 Å². The Morgan fingerprint density at radius 2 is 1.81 bits per heavy atom. The van der Waals surface area contributed by atoms with Gasteiger partial charge in [0, 0.05) is 6.42 Å². The third kappa shape index (κ3) is 4.18. The molecule has 1 saturated carbocycles. The van der Waals surface area contributed by atoms with Crippen molar-refractivity contribution in [2.24, 2.45) is 11.3 Å². The molecule has 3 rings (SSSR count). The molecule has 27 heavy (non-hydrogen) atoms. The van der Waals surface area contributed by atoms with Crippen LogP contribution in [0.3, 0.4) is 0 Å². The van der Waals surface area contributed by atoms with Gasteiger partial charge in [0.2, 0.25) is 5.91 Å².